The zero-order valence-electron chi connectivity index (χ0n) is 39.6. The molecule has 7 aromatic carbocycles. The Bertz CT molecular complexity index is 2990. The largest absolute Gasteiger partial charge is 0.495 e. The second-order valence-corrected chi connectivity index (χ2v) is 17.5. The SMILES string of the molecule is COc1cc2c(cc1NCCCNCc1cc(CNCCCNc3cc4oc5ccccc5c4cc3OC)cc(CNCCCNc3cc4oc5ccccc5c4cc3OC)c1)oc1ccccc12. The van der Waals surface area contributed by atoms with Crippen LogP contribution in [0.5, 0.6) is 17.2 Å². The van der Waals surface area contributed by atoms with Crippen molar-refractivity contribution < 1.29 is 27.5 Å². The van der Waals surface area contributed by atoms with Crippen molar-refractivity contribution in [1.82, 2.24) is 16.0 Å². The number of ether oxygens (including phenoxy) is 3. The van der Waals surface area contributed by atoms with Crippen molar-refractivity contribution >= 4 is 82.9 Å². The molecule has 0 saturated carbocycles. The van der Waals surface area contributed by atoms with Gasteiger partial charge < -0.3 is 59.4 Å². The highest BCUT2D eigenvalue weighted by molar-refractivity contribution is 6.08. The first-order valence-corrected chi connectivity index (χ1v) is 24.0. The highest BCUT2D eigenvalue weighted by Gasteiger charge is 2.15. The fourth-order valence-corrected chi connectivity index (χ4v) is 9.33. The van der Waals surface area contributed by atoms with E-state index in [2.05, 4.69) is 86.5 Å². The van der Waals surface area contributed by atoms with Crippen LogP contribution in [0.25, 0.3) is 65.8 Å². The van der Waals surface area contributed by atoms with Gasteiger partial charge in [-0.1, -0.05) is 72.8 Å². The molecule has 0 aliphatic heterocycles. The Hall–Kier alpha value is -7.38. The minimum Gasteiger partial charge on any atom is -0.495 e. The molecule has 3 heterocycles. The summed E-state index contributed by atoms with van der Waals surface area (Å²) in [5.41, 5.74) is 11.8. The van der Waals surface area contributed by atoms with Gasteiger partial charge in [-0.3, -0.25) is 0 Å². The van der Waals surface area contributed by atoms with Gasteiger partial charge in [0, 0.05) is 89.8 Å². The van der Waals surface area contributed by atoms with Crippen molar-refractivity contribution in [2.75, 3.05) is 76.5 Å². The van der Waals surface area contributed by atoms with Gasteiger partial charge in [-0.15, -0.1) is 0 Å². The summed E-state index contributed by atoms with van der Waals surface area (Å²) >= 11 is 0. The summed E-state index contributed by atoms with van der Waals surface area (Å²) < 4.78 is 35.7. The Morgan fingerprint density at radius 1 is 0.333 bits per heavy atom. The Morgan fingerprint density at radius 3 is 0.942 bits per heavy atom. The number of benzene rings is 7. The van der Waals surface area contributed by atoms with Crippen molar-refractivity contribution in [2.24, 2.45) is 0 Å². The minimum absolute atomic E-state index is 0.776. The highest BCUT2D eigenvalue weighted by Crippen LogP contribution is 2.39. The predicted octanol–water partition coefficient (Wildman–Crippen LogP) is 12.2. The molecule has 0 fully saturated rings. The van der Waals surface area contributed by atoms with Gasteiger partial charge in [0.15, 0.2) is 0 Å². The molecule has 0 amide bonds. The first-order valence-electron chi connectivity index (χ1n) is 24.0. The Balaban J connectivity index is 0.725. The van der Waals surface area contributed by atoms with Crippen molar-refractivity contribution in [2.45, 2.75) is 38.9 Å². The van der Waals surface area contributed by atoms with Gasteiger partial charge in [-0.2, -0.15) is 0 Å². The third kappa shape index (κ3) is 10.2. The van der Waals surface area contributed by atoms with E-state index >= 15 is 0 Å². The van der Waals surface area contributed by atoms with E-state index in [1.165, 1.54) is 16.7 Å². The van der Waals surface area contributed by atoms with Crippen LogP contribution in [0.2, 0.25) is 0 Å². The average molecular weight is 925 g/mol. The molecule has 0 atom stereocenters. The van der Waals surface area contributed by atoms with Crippen LogP contribution in [0, 0.1) is 0 Å². The van der Waals surface area contributed by atoms with Gasteiger partial charge >= 0.3 is 0 Å². The lowest BCUT2D eigenvalue weighted by atomic mass is 10.0. The topological polar surface area (TPSA) is 139 Å². The number of hydrogen-bond donors (Lipinski definition) is 6. The fraction of sp³-hybridized carbons (Fsp3) is 0.263. The lowest BCUT2D eigenvalue weighted by Gasteiger charge is -2.14. The van der Waals surface area contributed by atoms with Crippen LogP contribution in [0.15, 0.2) is 141 Å². The van der Waals surface area contributed by atoms with Gasteiger partial charge in [0.2, 0.25) is 0 Å². The molecule has 0 aliphatic rings. The number of rotatable bonds is 24. The second-order valence-electron chi connectivity index (χ2n) is 17.5. The molecule has 354 valence electrons. The van der Waals surface area contributed by atoms with Crippen molar-refractivity contribution in [1.29, 1.82) is 0 Å². The molecule has 3 aromatic heterocycles. The number of anilines is 3. The molecule has 0 unspecified atom stereocenters. The maximum Gasteiger partial charge on any atom is 0.142 e. The monoisotopic (exact) mass is 924 g/mol. The number of para-hydroxylation sites is 3. The van der Waals surface area contributed by atoms with Gasteiger partial charge in [0.25, 0.3) is 0 Å². The Kier molecular flexibility index (Phi) is 14.0. The quantitative estimate of drug-likeness (QED) is 0.0322. The molecular formula is C57H60N6O6. The lowest BCUT2D eigenvalue weighted by Crippen LogP contribution is -2.21. The van der Waals surface area contributed by atoms with Crippen LogP contribution in [0.1, 0.15) is 36.0 Å². The summed E-state index contributed by atoms with van der Waals surface area (Å²) in [6.07, 6.45) is 2.82. The maximum absolute atomic E-state index is 6.14. The molecule has 0 spiro atoms. The second kappa shape index (κ2) is 21.3. The maximum atomic E-state index is 6.14. The summed E-state index contributed by atoms with van der Waals surface area (Å²) in [4.78, 5) is 0. The van der Waals surface area contributed by atoms with Crippen LogP contribution in [0.4, 0.5) is 17.1 Å². The van der Waals surface area contributed by atoms with E-state index in [4.69, 9.17) is 27.5 Å². The standard InChI is InChI=1S/C57H60N6O6/c1-64-55-28-43-40-13-4-7-16-49(40)67-52(43)31-46(55)61-22-10-19-58-34-37-25-38(35-59-20-11-23-62-47-32-53-44(29-56(47)65-2)41-14-5-8-17-50(41)68-53)27-39(26-37)36-60-21-12-24-63-48-33-54-45(30-57(48)66-3)42-15-6-9-18-51(42)69-54/h4-9,13-18,25-33,58-63H,10-12,19-24,34-36H2,1-3H3. The molecular weight excluding hydrogens is 865 g/mol. The van der Waals surface area contributed by atoms with Crippen LogP contribution in [0.3, 0.4) is 0 Å². The lowest BCUT2D eigenvalue weighted by molar-refractivity contribution is 0.417. The average Bonchev–Trinajstić information content (AvgIpc) is 4.06. The molecule has 10 aromatic rings. The van der Waals surface area contributed by atoms with E-state index in [1.807, 2.05) is 72.8 Å². The molecule has 10 rings (SSSR count). The third-order valence-corrected chi connectivity index (χ3v) is 12.7. The summed E-state index contributed by atoms with van der Waals surface area (Å²) in [6.45, 7) is 7.29. The number of furan rings is 3. The smallest absolute Gasteiger partial charge is 0.142 e. The minimum atomic E-state index is 0.776. The molecule has 12 heteroatoms. The van der Waals surface area contributed by atoms with E-state index in [0.717, 1.165) is 178 Å². The van der Waals surface area contributed by atoms with E-state index < -0.39 is 0 Å². The van der Waals surface area contributed by atoms with Crippen LogP contribution >= 0.6 is 0 Å². The number of nitrogens with one attached hydrogen (secondary N) is 6. The molecule has 0 bridgehead atoms. The normalized spacial score (nSPS) is 11.7. The number of hydrogen-bond acceptors (Lipinski definition) is 12. The zero-order chi connectivity index (χ0) is 46.9. The third-order valence-electron chi connectivity index (χ3n) is 12.7. The van der Waals surface area contributed by atoms with Gasteiger partial charge in [0.05, 0.1) is 38.4 Å². The van der Waals surface area contributed by atoms with Crippen LogP contribution < -0.4 is 46.1 Å². The molecule has 12 nitrogen and oxygen atoms in total. The van der Waals surface area contributed by atoms with Crippen LogP contribution in [-0.4, -0.2) is 60.6 Å². The zero-order valence-corrected chi connectivity index (χ0v) is 39.6. The molecule has 69 heavy (non-hydrogen) atoms. The Labute approximate surface area is 401 Å². The fourth-order valence-electron chi connectivity index (χ4n) is 9.33. The van der Waals surface area contributed by atoms with Crippen molar-refractivity contribution in [3.63, 3.8) is 0 Å². The van der Waals surface area contributed by atoms with Gasteiger partial charge in [0.1, 0.15) is 50.7 Å². The summed E-state index contributed by atoms with van der Waals surface area (Å²) in [5.74, 6) is 2.43. The van der Waals surface area contributed by atoms with Gasteiger partial charge in [-0.05, 0) is 92.0 Å². The summed E-state index contributed by atoms with van der Waals surface area (Å²) in [7, 11) is 5.14. The Morgan fingerprint density at radius 2 is 0.638 bits per heavy atom. The number of methoxy groups -OCH3 is 3. The first-order chi connectivity index (χ1) is 34.0. The van der Waals surface area contributed by atoms with E-state index in [1.54, 1.807) is 21.3 Å². The molecule has 0 aliphatic carbocycles. The molecule has 6 N–H and O–H groups in total. The molecule has 0 saturated heterocycles. The number of fused-ring (bicyclic) bond motifs is 9. The van der Waals surface area contributed by atoms with E-state index in [-0.39, 0.29) is 0 Å². The van der Waals surface area contributed by atoms with E-state index in [0.29, 0.717) is 0 Å². The predicted molar refractivity (Wildman–Crippen MR) is 282 cm³/mol. The van der Waals surface area contributed by atoms with Crippen molar-refractivity contribution in [3.8, 4) is 17.2 Å². The van der Waals surface area contributed by atoms with Crippen molar-refractivity contribution in [3.05, 3.63) is 144 Å². The van der Waals surface area contributed by atoms with Gasteiger partial charge in [-0.25, -0.2) is 0 Å². The summed E-state index contributed by atoms with van der Waals surface area (Å²) in [5, 5.41) is 28.2. The van der Waals surface area contributed by atoms with Crippen LogP contribution in [-0.2, 0) is 19.6 Å². The highest BCUT2D eigenvalue weighted by atomic mass is 16.5. The van der Waals surface area contributed by atoms with E-state index in [9.17, 15) is 0 Å². The molecule has 0 radical (unpaired) electrons. The first kappa shape index (κ1) is 45.4. The summed E-state index contributed by atoms with van der Waals surface area (Å²) in [6, 6.07) is 43.6.